The zero-order valence-corrected chi connectivity index (χ0v) is 15.7. The first-order chi connectivity index (χ1) is 13.9. The second-order valence-corrected chi connectivity index (χ2v) is 6.59. The number of nitrogens with one attached hydrogen (secondary N) is 1. The summed E-state index contributed by atoms with van der Waals surface area (Å²) in [5, 5.41) is 0. The number of aromatic nitrogens is 5. The van der Waals surface area contributed by atoms with E-state index in [4.69, 9.17) is 0 Å². The standard InChI is InChI=1S/C20H17F2N5O2/c1-3-26-18-16(19(28)25-20(26)29)27(10-12-4-6-13(21)7-5-12)17(24-18)14-8-9-15(22)23-11(14)2/h4-9H,3,10H2,1-2H3,(H,25,28,29). The molecular weight excluding hydrogens is 380 g/mol. The molecule has 4 rings (SSSR count). The van der Waals surface area contributed by atoms with Gasteiger partial charge in [-0.05, 0) is 43.7 Å². The Hall–Kier alpha value is -3.62. The summed E-state index contributed by atoms with van der Waals surface area (Å²) in [6.07, 6.45) is 0. The van der Waals surface area contributed by atoms with Crippen LogP contribution in [0.4, 0.5) is 8.78 Å². The van der Waals surface area contributed by atoms with Gasteiger partial charge in [0.25, 0.3) is 5.56 Å². The molecule has 0 aliphatic carbocycles. The summed E-state index contributed by atoms with van der Waals surface area (Å²) in [4.78, 5) is 35.6. The minimum Gasteiger partial charge on any atom is -0.314 e. The molecule has 0 atom stereocenters. The topological polar surface area (TPSA) is 85.6 Å². The molecule has 4 aromatic rings. The zero-order chi connectivity index (χ0) is 20.7. The van der Waals surface area contributed by atoms with Gasteiger partial charge in [-0.2, -0.15) is 4.39 Å². The quantitative estimate of drug-likeness (QED) is 0.537. The first kappa shape index (κ1) is 18.7. The van der Waals surface area contributed by atoms with Crippen LogP contribution in [0.25, 0.3) is 22.6 Å². The van der Waals surface area contributed by atoms with Crippen molar-refractivity contribution in [2.45, 2.75) is 26.9 Å². The van der Waals surface area contributed by atoms with Crippen LogP contribution < -0.4 is 11.2 Å². The number of benzene rings is 1. The zero-order valence-electron chi connectivity index (χ0n) is 15.7. The molecule has 0 bridgehead atoms. The van der Waals surface area contributed by atoms with Crippen LogP contribution in [0, 0.1) is 18.7 Å². The van der Waals surface area contributed by atoms with E-state index in [0.717, 1.165) is 5.56 Å². The third-order valence-electron chi connectivity index (χ3n) is 4.75. The molecule has 1 N–H and O–H groups in total. The van der Waals surface area contributed by atoms with E-state index < -0.39 is 17.2 Å². The van der Waals surface area contributed by atoms with Crippen LogP contribution >= 0.6 is 0 Å². The van der Waals surface area contributed by atoms with Crippen molar-refractivity contribution in [3.8, 4) is 11.4 Å². The molecule has 3 aromatic heterocycles. The molecule has 1 aromatic carbocycles. The Balaban J connectivity index is 2.05. The predicted octanol–water partition coefficient (Wildman–Crippen LogP) is 2.60. The number of pyridine rings is 1. The molecule has 29 heavy (non-hydrogen) atoms. The predicted molar refractivity (Wildman–Crippen MR) is 104 cm³/mol. The monoisotopic (exact) mass is 397 g/mol. The first-order valence-corrected chi connectivity index (χ1v) is 9.00. The van der Waals surface area contributed by atoms with E-state index in [1.165, 1.54) is 28.8 Å². The molecule has 0 spiro atoms. The van der Waals surface area contributed by atoms with Crippen molar-refractivity contribution < 1.29 is 8.78 Å². The lowest BCUT2D eigenvalue weighted by Crippen LogP contribution is -2.30. The molecule has 0 fully saturated rings. The van der Waals surface area contributed by atoms with Crippen LogP contribution in [0.2, 0.25) is 0 Å². The maximum atomic E-state index is 13.5. The SMILES string of the molecule is CCn1c(=O)[nH]c(=O)c2c1nc(-c1ccc(F)nc1C)n2Cc1ccc(F)cc1. The minimum absolute atomic E-state index is 0.202. The minimum atomic E-state index is -0.629. The Morgan fingerprint density at radius 2 is 1.72 bits per heavy atom. The second-order valence-electron chi connectivity index (χ2n) is 6.59. The van der Waals surface area contributed by atoms with E-state index in [1.54, 1.807) is 30.5 Å². The van der Waals surface area contributed by atoms with E-state index in [9.17, 15) is 18.4 Å². The van der Waals surface area contributed by atoms with Crippen LogP contribution in [0.1, 0.15) is 18.2 Å². The van der Waals surface area contributed by atoms with Crippen molar-refractivity contribution in [2.24, 2.45) is 0 Å². The van der Waals surface area contributed by atoms with Crippen molar-refractivity contribution in [1.82, 2.24) is 24.1 Å². The average Bonchev–Trinajstić information content (AvgIpc) is 3.03. The largest absolute Gasteiger partial charge is 0.330 e. The summed E-state index contributed by atoms with van der Waals surface area (Å²) in [5.41, 5.74) is 0.937. The fourth-order valence-corrected chi connectivity index (χ4v) is 3.36. The number of hydrogen-bond acceptors (Lipinski definition) is 4. The lowest BCUT2D eigenvalue weighted by molar-refractivity contribution is 0.580. The van der Waals surface area contributed by atoms with E-state index >= 15 is 0 Å². The second kappa shape index (κ2) is 7.08. The van der Waals surface area contributed by atoms with Gasteiger partial charge in [0.05, 0.1) is 5.69 Å². The molecular formula is C20H17F2N5O2. The van der Waals surface area contributed by atoms with Crippen molar-refractivity contribution in [3.63, 3.8) is 0 Å². The van der Waals surface area contributed by atoms with E-state index in [-0.39, 0.29) is 23.5 Å². The lowest BCUT2D eigenvalue weighted by Gasteiger charge is -2.11. The van der Waals surface area contributed by atoms with Gasteiger partial charge in [-0.1, -0.05) is 12.1 Å². The third-order valence-corrected chi connectivity index (χ3v) is 4.75. The molecule has 7 nitrogen and oxygen atoms in total. The molecule has 0 aliphatic rings. The van der Waals surface area contributed by atoms with Gasteiger partial charge in [0, 0.05) is 18.7 Å². The summed E-state index contributed by atoms with van der Waals surface area (Å²) in [6, 6.07) is 8.59. The molecule has 0 aliphatic heterocycles. The van der Waals surface area contributed by atoms with E-state index in [1.807, 2.05) is 0 Å². The fraction of sp³-hybridized carbons (Fsp3) is 0.200. The number of nitrogens with zero attached hydrogens (tertiary/aromatic N) is 4. The van der Waals surface area contributed by atoms with Crippen LogP contribution in [0.5, 0.6) is 0 Å². The van der Waals surface area contributed by atoms with Gasteiger partial charge >= 0.3 is 5.69 Å². The molecule has 0 saturated heterocycles. The van der Waals surface area contributed by atoms with Gasteiger partial charge in [0.2, 0.25) is 5.95 Å². The maximum absolute atomic E-state index is 13.5. The highest BCUT2D eigenvalue weighted by Gasteiger charge is 2.21. The van der Waals surface area contributed by atoms with E-state index in [2.05, 4.69) is 15.0 Å². The Bertz CT molecular complexity index is 1340. The number of aryl methyl sites for hydroxylation is 2. The van der Waals surface area contributed by atoms with Gasteiger partial charge in [-0.3, -0.25) is 14.3 Å². The average molecular weight is 397 g/mol. The number of imidazole rings is 1. The van der Waals surface area contributed by atoms with E-state index in [0.29, 0.717) is 23.6 Å². The highest BCUT2D eigenvalue weighted by Crippen LogP contribution is 2.26. The smallest absolute Gasteiger partial charge is 0.314 e. The van der Waals surface area contributed by atoms with Crippen LogP contribution in [-0.2, 0) is 13.1 Å². The number of fused-ring (bicyclic) bond motifs is 1. The van der Waals surface area contributed by atoms with Gasteiger partial charge in [0.1, 0.15) is 11.6 Å². The molecule has 0 radical (unpaired) electrons. The molecule has 0 unspecified atom stereocenters. The number of H-pyrrole nitrogens is 1. The van der Waals surface area contributed by atoms with Gasteiger partial charge in [0.15, 0.2) is 11.2 Å². The molecule has 0 amide bonds. The van der Waals surface area contributed by atoms with Crippen LogP contribution in [0.15, 0.2) is 46.0 Å². The van der Waals surface area contributed by atoms with Crippen molar-refractivity contribution in [2.75, 3.05) is 0 Å². The van der Waals surface area contributed by atoms with Crippen LogP contribution in [-0.4, -0.2) is 24.1 Å². The maximum Gasteiger partial charge on any atom is 0.330 e. The number of halogens is 2. The normalized spacial score (nSPS) is 11.3. The summed E-state index contributed by atoms with van der Waals surface area (Å²) in [7, 11) is 0. The summed E-state index contributed by atoms with van der Waals surface area (Å²) < 4.78 is 29.8. The van der Waals surface area contributed by atoms with Gasteiger partial charge < -0.3 is 4.57 Å². The fourth-order valence-electron chi connectivity index (χ4n) is 3.36. The Morgan fingerprint density at radius 1 is 1.00 bits per heavy atom. The van der Waals surface area contributed by atoms with Crippen molar-refractivity contribution >= 4 is 11.2 Å². The third kappa shape index (κ3) is 3.24. The Labute approximate surface area is 163 Å². The number of hydrogen-bond donors (Lipinski definition) is 1. The van der Waals surface area contributed by atoms with Gasteiger partial charge in [-0.15, -0.1) is 0 Å². The Kier molecular flexibility index (Phi) is 4.57. The molecule has 3 heterocycles. The summed E-state index contributed by atoms with van der Waals surface area (Å²) in [5.74, 6) is -0.635. The summed E-state index contributed by atoms with van der Waals surface area (Å²) >= 11 is 0. The summed E-state index contributed by atoms with van der Waals surface area (Å²) in [6.45, 7) is 3.91. The highest BCUT2D eigenvalue weighted by molar-refractivity contribution is 5.77. The van der Waals surface area contributed by atoms with Crippen LogP contribution in [0.3, 0.4) is 0 Å². The number of rotatable bonds is 4. The van der Waals surface area contributed by atoms with Gasteiger partial charge in [-0.25, -0.2) is 19.2 Å². The number of aromatic amines is 1. The highest BCUT2D eigenvalue weighted by atomic mass is 19.1. The lowest BCUT2D eigenvalue weighted by atomic mass is 10.1. The van der Waals surface area contributed by atoms with Crippen molar-refractivity contribution in [3.05, 3.63) is 80.3 Å². The molecule has 148 valence electrons. The first-order valence-electron chi connectivity index (χ1n) is 9.00. The van der Waals surface area contributed by atoms with Crippen molar-refractivity contribution in [1.29, 1.82) is 0 Å². The molecule has 0 saturated carbocycles. The Morgan fingerprint density at radius 3 is 2.38 bits per heavy atom. The molecule has 9 heteroatoms.